The normalized spacial score (nSPS) is 16.6. The molecule has 0 aliphatic rings. The third-order valence-corrected chi connectivity index (χ3v) is 5.30. The first kappa shape index (κ1) is 14.3. The van der Waals surface area contributed by atoms with Gasteiger partial charge < -0.3 is 4.42 Å². The second-order valence-electron chi connectivity index (χ2n) is 7.96. The molecule has 3 heterocycles. The first-order valence-electron chi connectivity index (χ1n) is 11.7. The van der Waals surface area contributed by atoms with E-state index < -0.39 is 12.7 Å². The Bertz CT molecular complexity index is 1320. The van der Waals surface area contributed by atoms with Crippen molar-refractivity contribution in [3.63, 3.8) is 0 Å². The Kier molecular flexibility index (Phi) is 3.61. The Morgan fingerprint density at radius 2 is 1.89 bits per heavy atom. The van der Waals surface area contributed by atoms with Gasteiger partial charge in [-0.3, -0.25) is 0 Å². The maximum atomic E-state index is 8.24. The SMILES string of the molecule is [2H]C([2H])([2H])C([2H])(C)Cc1ccc2c(n1)oc1c(-c3ccc(C(C)C)c[n+]3C)c(C)ccc12. The van der Waals surface area contributed by atoms with Crippen LogP contribution in [0.4, 0.5) is 0 Å². The molecule has 3 aromatic heterocycles. The van der Waals surface area contributed by atoms with E-state index in [2.05, 4.69) is 54.7 Å². The van der Waals surface area contributed by atoms with Crippen LogP contribution in [0.25, 0.3) is 33.3 Å². The van der Waals surface area contributed by atoms with Gasteiger partial charge in [0.2, 0.25) is 11.4 Å². The number of hydrogen-bond acceptors (Lipinski definition) is 2. The standard InChI is InChI=1S/C25H29N2O/c1-15(2)13-19-9-11-21-20-10-7-17(5)23(24(20)28-25(21)26-19)22-12-8-18(16(3)4)14-27(22)6/h7-12,14-16H,13H2,1-6H3/q+1/i1D3,15D. The zero-order valence-corrected chi connectivity index (χ0v) is 17.1. The third kappa shape index (κ3) is 3.19. The smallest absolute Gasteiger partial charge is 0.227 e. The van der Waals surface area contributed by atoms with Crippen LogP contribution in [-0.4, -0.2) is 4.98 Å². The van der Waals surface area contributed by atoms with Crippen molar-refractivity contribution < 1.29 is 14.5 Å². The predicted octanol–water partition coefficient (Wildman–Crippen LogP) is 6.10. The van der Waals surface area contributed by atoms with Gasteiger partial charge >= 0.3 is 0 Å². The van der Waals surface area contributed by atoms with E-state index in [1.807, 2.05) is 19.2 Å². The van der Waals surface area contributed by atoms with Crippen molar-refractivity contribution in [2.45, 2.75) is 46.9 Å². The van der Waals surface area contributed by atoms with Gasteiger partial charge in [0.15, 0.2) is 11.8 Å². The molecule has 0 aliphatic heterocycles. The Balaban J connectivity index is 1.87. The summed E-state index contributed by atoms with van der Waals surface area (Å²) in [5, 5.41) is 1.85. The molecule has 4 rings (SSSR count). The summed E-state index contributed by atoms with van der Waals surface area (Å²) in [7, 11) is 2.04. The maximum Gasteiger partial charge on any atom is 0.227 e. The summed E-state index contributed by atoms with van der Waals surface area (Å²) in [5.74, 6) is -1.17. The predicted molar refractivity (Wildman–Crippen MR) is 115 cm³/mol. The molecule has 3 nitrogen and oxygen atoms in total. The van der Waals surface area contributed by atoms with E-state index in [9.17, 15) is 0 Å². The van der Waals surface area contributed by atoms with Gasteiger partial charge in [0, 0.05) is 33.6 Å². The van der Waals surface area contributed by atoms with Crippen LogP contribution in [0, 0.1) is 12.8 Å². The summed E-state index contributed by atoms with van der Waals surface area (Å²) in [6, 6.07) is 12.1. The molecule has 0 N–H and O–H groups in total. The highest BCUT2D eigenvalue weighted by Crippen LogP contribution is 2.36. The average molecular weight is 378 g/mol. The number of furan rings is 1. The lowest BCUT2D eigenvalue weighted by molar-refractivity contribution is -0.660. The minimum Gasteiger partial charge on any atom is -0.437 e. The lowest BCUT2D eigenvalue weighted by Crippen LogP contribution is -2.31. The topological polar surface area (TPSA) is 29.9 Å². The van der Waals surface area contributed by atoms with Gasteiger partial charge in [-0.1, -0.05) is 39.8 Å². The van der Waals surface area contributed by atoms with Crippen molar-refractivity contribution >= 4 is 22.1 Å². The Morgan fingerprint density at radius 3 is 2.61 bits per heavy atom. The van der Waals surface area contributed by atoms with Gasteiger partial charge in [0.25, 0.3) is 0 Å². The van der Waals surface area contributed by atoms with Crippen LogP contribution in [0.5, 0.6) is 0 Å². The van der Waals surface area contributed by atoms with Crippen LogP contribution in [0.15, 0.2) is 47.0 Å². The number of aromatic nitrogens is 2. The van der Waals surface area contributed by atoms with Gasteiger partial charge in [-0.15, -0.1) is 0 Å². The lowest BCUT2D eigenvalue weighted by Gasteiger charge is -2.08. The molecule has 0 saturated heterocycles. The zero-order valence-electron chi connectivity index (χ0n) is 21.1. The minimum atomic E-state index is -2.39. The van der Waals surface area contributed by atoms with Gasteiger partial charge in [-0.25, -0.2) is 9.55 Å². The molecule has 0 radical (unpaired) electrons. The molecule has 1 atom stereocenters. The number of benzene rings is 1. The molecular formula is C25H29N2O+. The van der Waals surface area contributed by atoms with E-state index in [1.165, 1.54) is 12.5 Å². The van der Waals surface area contributed by atoms with Crippen molar-refractivity contribution in [1.29, 1.82) is 0 Å². The van der Waals surface area contributed by atoms with E-state index >= 15 is 0 Å². The van der Waals surface area contributed by atoms with Gasteiger partial charge in [-0.05, 0) is 48.9 Å². The van der Waals surface area contributed by atoms with Gasteiger partial charge in [-0.2, -0.15) is 0 Å². The van der Waals surface area contributed by atoms with E-state index in [4.69, 9.17) is 9.90 Å². The molecule has 0 bridgehead atoms. The van der Waals surface area contributed by atoms with Crippen LogP contribution >= 0.6 is 0 Å². The number of pyridine rings is 2. The van der Waals surface area contributed by atoms with Crippen molar-refractivity contribution in [2.24, 2.45) is 12.9 Å². The number of hydrogen-bond donors (Lipinski definition) is 0. The second-order valence-corrected chi connectivity index (χ2v) is 7.96. The lowest BCUT2D eigenvalue weighted by atomic mass is 9.99. The third-order valence-electron chi connectivity index (χ3n) is 5.30. The second kappa shape index (κ2) is 7.05. The summed E-state index contributed by atoms with van der Waals surface area (Å²) in [6.07, 6.45) is 2.18. The Labute approximate surface area is 172 Å². The fourth-order valence-electron chi connectivity index (χ4n) is 3.78. The van der Waals surface area contributed by atoms with Crippen LogP contribution in [0.2, 0.25) is 0 Å². The van der Waals surface area contributed by atoms with Crippen molar-refractivity contribution in [3.8, 4) is 11.3 Å². The minimum absolute atomic E-state index is 0.0218. The van der Waals surface area contributed by atoms with E-state index in [0.717, 1.165) is 33.2 Å². The molecule has 0 fully saturated rings. The maximum absolute atomic E-state index is 8.24. The molecule has 0 spiro atoms. The highest BCUT2D eigenvalue weighted by Gasteiger charge is 2.21. The van der Waals surface area contributed by atoms with Crippen LogP contribution in [-0.2, 0) is 13.5 Å². The summed E-state index contributed by atoms with van der Waals surface area (Å²) in [6.45, 7) is 5.46. The monoisotopic (exact) mass is 377 g/mol. The summed E-state index contributed by atoms with van der Waals surface area (Å²) in [4.78, 5) is 4.59. The van der Waals surface area contributed by atoms with Crippen molar-refractivity contribution in [1.82, 2.24) is 4.98 Å². The highest BCUT2D eigenvalue weighted by atomic mass is 16.3. The van der Waals surface area contributed by atoms with E-state index in [1.54, 1.807) is 6.07 Å². The van der Waals surface area contributed by atoms with E-state index in [-0.39, 0.29) is 6.42 Å². The molecular weight excluding hydrogens is 344 g/mol. The Morgan fingerprint density at radius 1 is 1.11 bits per heavy atom. The number of aryl methyl sites for hydroxylation is 2. The first-order valence-corrected chi connectivity index (χ1v) is 9.71. The number of fused-ring (bicyclic) bond motifs is 3. The fraction of sp³-hybridized carbons (Fsp3) is 0.360. The highest BCUT2D eigenvalue weighted by molar-refractivity contribution is 6.08. The van der Waals surface area contributed by atoms with Crippen molar-refractivity contribution in [3.05, 3.63) is 59.4 Å². The quantitative estimate of drug-likeness (QED) is 0.402. The number of nitrogens with zero attached hydrogens (tertiary/aromatic N) is 2. The summed E-state index contributed by atoms with van der Waals surface area (Å²) >= 11 is 0. The molecule has 0 aliphatic carbocycles. The van der Waals surface area contributed by atoms with Crippen LogP contribution in [0.1, 0.15) is 55.8 Å². The average Bonchev–Trinajstić information content (AvgIpc) is 3.04. The fourth-order valence-corrected chi connectivity index (χ4v) is 3.78. The molecule has 1 unspecified atom stereocenters. The van der Waals surface area contributed by atoms with Gasteiger partial charge in [0.1, 0.15) is 7.05 Å². The Hall–Kier alpha value is -2.68. The molecule has 0 amide bonds. The van der Waals surface area contributed by atoms with Crippen LogP contribution in [0.3, 0.4) is 0 Å². The van der Waals surface area contributed by atoms with E-state index in [0.29, 0.717) is 17.3 Å². The van der Waals surface area contributed by atoms with Gasteiger partial charge in [0.05, 0.1) is 5.56 Å². The summed E-state index contributed by atoms with van der Waals surface area (Å²) in [5.41, 5.74) is 6.21. The number of rotatable bonds is 4. The summed E-state index contributed by atoms with van der Waals surface area (Å²) < 4.78 is 39.5. The van der Waals surface area contributed by atoms with Crippen LogP contribution < -0.4 is 4.57 Å². The van der Waals surface area contributed by atoms with Crippen molar-refractivity contribution in [2.75, 3.05) is 0 Å². The molecule has 4 aromatic rings. The first-order chi connectivity index (χ1) is 14.9. The molecule has 144 valence electrons. The molecule has 28 heavy (non-hydrogen) atoms. The zero-order chi connectivity index (χ0) is 23.4. The largest absolute Gasteiger partial charge is 0.437 e. The molecule has 3 heteroatoms. The molecule has 1 aromatic carbocycles. The molecule has 0 saturated carbocycles.